The van der Waals surface area contributed by atoms with Crippen LogP contribution in [-0.4, -0.2) is 47.4 Å². The summed E-state index contributed by atoms with van der Waals surface area (Å²) in [6.45, 7) is 2.47. The average Bonchev–Trinajstić information content (AvgIpc) is 2.30. The lowest BCUT2D eigenvalue weighted by molar-refractivity contribution is -0.147. The Morgan fingerprint density at radius 1 is 1.59 bits per heavy atom. The molecule has 2 N–H and O–H groups in total. The van der Waals surface area contributed by atoms with Gasteiger partial charge in [-0.05, 0) is 6.92 Å². The second-order valence-corrected chi connectivity index (χ2v) is 3.12. The van der Waals surface area contributed by atoms with Gasteiger partial charge in [0.2, 0.25) is 5.88 Å². The van der Waals surface area contributed by atoms with Crippen molar-refractivity contribution in [3.8, 4) is 5.88 Å². The van der Waals surface area contributed by atoms with E-state index in [1.165, 1.54) is 13.4 Å². The van der Waals surface area contributed by atoms with Crippen LogP contribution in [0.4, 0.5) is 5.82 Å². The molecule has 0 aromatic carbocycles. The number of nitrogens with one attached hydrogen (secondary N) is 1. The van der Waals surface area contributed by atoms with Gasteiger partial charge in [0.05, 0.1) is 13.2 Å². The van der Waals surface area contributed by atoms with Crippen LogP contribution in [0, 0.1) is 0 Å². The topological polar surface area (TPSA) is 93.6 Å². The van der Waals surface area contributed by atoms with Crippen LogP contribution in [0.1, 0.15) is 6.92 Å². The lowest BCUT2D eigenvalue weighted by Gasteiger charge is -2.12. The van der Waals surface area contributed by atoms with Gasteiger partial charge in [0, 0.05) is 13.2 Å². The van der Waals surface area contributed by atoms with Gasteiger partial charge in [0.1, 0.15) is 12.1 Å². The van der Waals surface area contributed by atoms with Gasteiger partial charge < -0.3 is 19.9 Å². The summed E-state index contributed by atoms with van der Waals surface area (Å²) in [5.41, 5.74) is 0. The maximum Gasteiger partial charge on any atom is 0.334 e. The van der Waals surface area contributed by atoms with E-state index in [1.54, 1.807) is 6.07 Å². The Bertz CT molecular complexity index is 372. The van der Waals surface area contributed by atoms with Crippen LogP contribution in [0.3, 0.4) is 0 Å². The Morgan fingerprint density at radius 3 is 2.94 bits per heavy atom. The summed E-state index contributed by atoms with van der Waals surface area (Å²) >= 11 is 0. The van der Waals surface area contributed by atoms with E-state index in [0.29, 0.717) is 18.3 Å². The fourth-order valence-corrected chi connectivity index (χ4v) is 1.13. The quantitative estimate of drug-likeness (QED) is 0.713. The van der Waals surface area contributed by atoms with E-state index in [4.69, 9.17) is 14.6 Å². The first-order valence-electron chi connectivity index (χ1n) is 5.11. The summed E-state index contributed by atoms with van der Waals surface area (Å²) in [6.07, 6.45) is 0.427. The number of aromatic nitrogens is 2. The number of carboxylic acids is 1. The molecule has 0 radical (unpaired) electrons. The van der Waals surface area contributed by atoms with Crippen LogP contribution in [0.25, 0.3) is 0 Å². The molecule has 7 heteroatoms. The molecule has 0 aliphatic carbocycles. The van der Waals surface area contributed by atoms with Crippen molar-refractivity contribution in [3.63, 3.8) is 0 Å². The van der Waals surface area contributed by atoms with Gasteiger partial charge in [-0.1, -0.05) is 0 Å². The van der Waals surface area contributed by atoms with E-state index >= 15 is 0 Å². The summed E-state index contributed by atoms with van der Waals surface area (Å²) < 4.78 is 9.96. The molecule has 1 aromatic heterocycles. The van der Waals surface area contributed by atoms with Gasteiger partial charge in [-0.25, -0.2) is 14.8 Å². The summed E-state index contributed by atoms with van der Waals surface area (Å²) in [5, 5.41) is 11.6. The van der Waals surface area contributed by atoms with Gasteiger partial charge in [-0.2, -0.15) is 0 Å². The molecule has 94 valence electrons. The number of aliphatic carboxylic acids is 1. The Morgan fingerprint density at radius 2 is 2.35 bits per heavy atom. The lowest BCUT2D eigenvalue weighted by atomic mass is 10.3. The molecule has 0 saturated heterocycles. The maximum atomic E-state index is 10.7. The minimum absolute atomic E-state index is 0.119. The van der Waals surface area contributed by atoms with Crippen LogP contribution >= 0.6 is 0 Å². The van der Waals surface area contributed by atoms with E-state index in [0.717, 1.165) is 0 Å². The number of methoxy groups -OCH3 is 1. The fraction of sp³-hybridized carbons (Fsp3) is 0.500. The van der Waals surface area contributed by atoms with Crippen LogP contribution in [0.2, 0.25) is 0 Å². The number of hydrogen-bond donors (Lipinski definition) is 2. The van der Waals surface area contributed by atoms with E-state index in [-0.39, 0.29) is 6.54 Å². The predicted molar refractivity (Wildman–Crippen MR) is 60.1 cm³/mol. The standard InChI is InChI=1S/C10H15N3O4/c1-3-17-9-4-8(12-6-13-9)11-5-7(16-2)10(14)15/h4,6-7H,3,5H2,1-2H3,(H,14,15)(H,11,12,13). The highest BCUT2D eigenvalue weighted by Gasteiger charge is 2.15. The molecule has 0 aliphatic heterocycles. The molecule has 0 saturated carbocycles. The fourth-order valence-electron chi connectivity index (χ4n) is 1.13. The minimum Gasteiger partial charge on any atom is -0.479 e. The average molecular weight is 241 g/mol. The Kier molecular flexibility index (Phi) is 5.15. The van der Waals surface area contributed by atoms with Gasteiger partial charge in [0.15, 0.2) is 6.10 Å². The van der Waals surface area contributed by atoms with E-state index in [9.17, 15) is 4.79 Å². The molecule has 1 atom stereocenters. The van der Waals surface area contributed by atoms with Crippen molar-refractivity contribution in [1.29, 1.82) is 0 Å². The zero-order valence-electron chi connectivity index (χ0n) is 9.71. The third kappa shape index (κ3) is 4.23. The van der Waals surface area contributed by atoms with Gasteiger partial charge in [0.25, 0.3) is 0 Å². The normalized spacial score (nSPS) is 11.9. The van der Waals surface area contributed by atoms with Crippen LogP contribution in [0.15, 0.2) is 12.4 Å². The molecule has 0 bridgehead atoms. The summed E-state index contributed by atoms with van der Waals surface area (Å²) in [5.74, 6) is -0.0971. The highest BCUT2D eigenvalue weighted by Crippen LogP contribution is 2.10. The third-order valence-corrected chi connectivity index (χ3v) is 1.96. The zero-order chi connectivity index (χ0) is 12.7. The van der Waals surface area contributed by atoms with Crippen molar-refractivity contribution in [3.05, 3.63) is 12.4 Å². The number of ether oxygens (including phenoxy) is 2. The van der Waals surface area contributed by atoms with Crippen molar-refractivity contribution in [2.45, 2.75) is 13.0 Å². The minimum atomic E-state index is -1.03. The molecule has 7 nitrogen and oxygen atoms in total. The molecule has 1 rings (SSSR count). The SMILES string of the molecule is CCOc1cc(NCC(OC)C(=O)O)ncn1. The van der Waals surface area contributed by atoms with Crippen LogP contribution in [-0.2, 0) is 9.53 Å². The monoisotopic (exact) mass is 241 g/mol. The molecule has 0 amide bonds. The smallest absolute Gasteiger partial charge is 0.334 e. The predicted octanol–water partition coefficient (Wildman–Crippen LogP) is 0.387. The van der Waals surface area contributed by atoms with Crippen LogP contribution < -0.4 is 10.1 Å². The molecule has 1 unspecified atom stereocenters. The highest BCUT2D eigenvalue weighted by atomic mass is 16.5. The van der Waals surface area contributed by atoms with Crippen molar-refractivity contribution in [2.24, 2.45) is 0 Å². The summed E-state index contributed by atoms with van der Waals surface area (Å²) in [6, 6.07) is 1.60. The second-order valence-electron chi connectivity index (χ2n) is 3.12. The Hall–Kier alpha value is -1.89. The lowest BCUT2D eigenvalue weighted by Crippen LogP contribution is -2.30. The summed E-state index contributed by atoms with van der Waals surface area (Å²) in [7, 11) is 1.34. The van der Waals surface area contributed by atoms with Gasteiger partial charge in [-0.3, -0.25) is 0 Å². The number of nitrogens with zero attached hydrogens (tertiary/aromatic N) is 2. The molecule has 1 heterocycles. The van der Waals surface area contributed by atoms with E-state index in [2.05, 4.69) is 15.3 Å². The van der Waals surface area contributed by atoms with Crippen molar-refractivity contribution in [1.82, 2.24) is 9.97 Å². The molecular formula is C10H15N3O4. The molecule has 0 spiro atoms. The third-order valence-electron chi connectivity index (χ3n) is 1.96. The zero-order valence-corrected chi connectivity index (χ0v) is 9.71. The van der Waals surface area contributed by atoms with Crippen LogP contribution in [0.5, 0.6) is 5.88 Å². The number of hydrogen-bond acceptors (Lipinski definition) is 6. The van der Waals surface area contributed by atoms with Crippen molar-refractivity contribution >= 4 is 11.8 Å². The maximum absolute atomic E-state index is 10.7. The molecule has 17 heavy (non-hydrogen) atoms. The largest absolute Gasteiger partial charge is 0.479 e. The molecule has 0 aliphatic rings. The highest BCUT2D eigenvalue weighted by molar-refractivity contribution is 5.73. The number of anilines is 1. The molecule has 0 fully saturated rings. The molecule has 1 aromatic rings. The van der Waals surface area contributed by atoms with Crippen molar-refractivity contribution < 1.29 is 19.4 Å². The second kappa shape index (κ2) is 6.64. The van der Waals surface area contributed by atoms with Gasteiger partial charge in [-0.15, -0.1) is 0 Å². The first-order valence-corrected chi connectivity index (χ1v) is 5.11. The number of carboxylic acid groups (broad SMARTS) is 1. The first kappa shape index (κ1) is 13.2. The van der Waals surface area contributed by atoms with Crippen molar-refractivity contribution in [2.75, 3.05) is 25.6 Å². The number of rotatable bonds is 7. The van der Waals surface area contributed by atoms with Gasteiger partial charge >= 0.3 is 5.97 Å². The first-order chi connectivity index (χ1) is 8.17. The Balaban J connectivity index is 2.56. The van der Waals surface area contributed by atoms with E-state index in [1.807, 2.05) is 6.92 Å². The molecular weight excluding hydrogens is 226 g/mol. The summed E-state index contributed by atoms with van der Waals surface area (Å²) in [4.78, 5) is 18.5. The van der Waals surface area contributed by atoms with E-state index < -0.39 is 12.1 Å². The number of carbonyl (C=O) groups is 1. The Labute approximate surface area is 98.8 Å².